The molecule has 0 atom stereocenters. The van der Waals surface area contributed by atoms with Crippen LogP contribution in [0.15, 0.2) is 60.2 Å². The van der Waals surface area contributed by atoms with E-state index in [0.29, 0.717) is 28.3 Å². The van der Waals surface area contributed by atoms with Crippen LogP contribution in [-0.2, 0) is 10.7 Å². The van der Waals surface area contributed by atoms with Gasteiger partial charge in [0.2, 0.25) is 0 Å². The first-order valence-electron chi connectivity index (χ1n) is 11.7. The van der Waals surface area contributed by atoms with Crippen molar-refractivity contribution in [2.24, 2.45) is 0 Å². The van der Waals surface area contributed by atoms with Crippen LogP contribution in [0.1, 0.15) is 47.4 Å². The van der Waals surface area contributed by atoms with Gasteiger partial charge in [0.05, 0.1) is 18.5 Å². The van der Waals surface area contributed by atoms with Gasteiger partial charge in [0.15, 0.2) is 0 Å². The molecule has 0 radical (unpaired) electrons. The van der Waals surface area contributed by atoms with E-state index in [-0.39, 0.29) is 28.2 Å². The second-order valence-electron chi connectivity index (χ2n) is 8.46. The number of carbonyl (C=O) groups is 2. The van der Waals surface area contributed by atoms with Crippen molar-refractivity contribution < 1.29 is 28.3 Å². The summed E-state index contributed by atoms with van der Waals surface area (Å²) in [4.78, 5) is 34.6. The van der Waals surface area contributed by atoms with Crippen molar-refractivity contribution in [1.29, 1.82) is 0 Å². The van der Waals surface area contributed by atoms with Gasteiger partial charge in [-0.3, -0.25) is 30.2 Å². The number of amides is 2. The molecule has 3 rings (SSSR count). The lowest BCUT2D eigenvalue weighted by molar-refractivity contribution is -0.114. The molecule has 38 heavy (non-hydrogen) atoms. The predicted molar refractivity (Wildman–Crippen MR) is 138 cm³/mol. The average Bonchev–Trinajstić information content (AvgIpc) is 2.89. The molecule has 200 valence electrons. The molecule has 1 heterocycles. The number of rotatable bonds is 9. The van der Waals surface area contributed by atoms with Gasteiger partial charge in [-0.05, 0) is 50.6 Å². The lowest BCUT2D eigenvalue weighted by Crippen LogP contribution is -2.31. The summed E-state index contributed by atoms with van der Waals surface area (Å²) in [6, 6.07) is 8.44. The molecule has 0 saturated heterocycles. The Bertz CT molecular complexity index is 1390. The minimum atomic E-state index is -3.06. The number of nitrogens with zero attached hydrogens (tertiary/aromatic N) is 2. The van der Waals surface area contributed by atoms with Crippen molar-refractivity contribution in [3.05, 3.63) is 82.6 Å². The maximum atomic E-state index is 14.1. The van der Waals surface area contributed by atoms with Crippen LogP contribution >= 0.6 is 0 Å². The van der Waals surface area contributed by atoms with E-state index in [1.807, 2.05) is 0 Å². The second kappa shape index (κ2) is 11.8. The molecule has 0 fully saturated rings. The van der Waals surface area contributed by atoms with Crippen LogP contribution in [0.2, 0.25) is 0 Å². The number of carbonyl (C=O) groups excluding carboxylic acids is 2. The minimum absolute atomic E-state index is 0.00232. The Labute approximate surface area is 218 Å². The molecule has 0 aliphatic carbocycles. The number of alkyl halides is 2. The van der Waals surface area contributed by atoms with E-state index in [0.717, 1.165) is 6.07 Å². The summed E-state index contributed by atoms with van der Waals surface area (Å²) in [5.41, 5.74) is 3.88. The van der Waals surface area contributed by atoms with Gasteiger partial charge in [0.25, 0.3) is 17.7 Å². The lowest BCUT2D eigenvalue weighted by atomic mass is 9.97. The van der Waals surface area contributed by atoms with Crippen LogP contribution < -0.4 is 20.9 Å². The summed E-state index contributed by atoms with van der Waals surface area (Å²) in [6.45, 7) is 6.29. The predicted octanol–water partition coefficient (Wildman–Crippen LogP) is 4.85. The quantitative estimate of drug-likeness (QED) is 0.232. The molecule has 2 amide bonds. The summed E-state index contributed by atoms with van der Waals surface area (Å²) in [5, 5.41) is 14.7. The molecular formula is C27H29F2N5O4. The summed E-state index contributed by atoms with van der Waals surface area (Å²) in [7, 11) is 1.51. The van der Waals surface area contributed by atoms with Gasteiger partial charge in [0.1, 0.15) is 11.4 Å². The van der Waals surface area contributed by atoms with Gasteiger partial charge < -0.3 is 15.4 Å². The first-order chi connectivity index (χ1) is 18.0. The second-order valence-corrected chi connectivity index (χ2v) is 8.46. The molecule has 9 nitrogen and oxygen atoms in total. The number of allylic oxidation sites excluding steroid dienone is 1. The molecular weight excluding hydrogens is 496 g/mol. The SMILES string of the molecule is CCC(F)(F)c1cccc(NC(=O)/C(NO)=C(\C)NC(=O)c2ccc(OC)c(-c3nccnc3C)c2C)c1. The fraction of sp³-hybridized carbons (Fsp3) is 0.259. The maximum Gasteiger partial charge on any atom is 0.275 e. The highest BCUT2D eigenvalue weighted by atomic mass is 19.3. The summed E-state index contributed by atoms with van der Waals surface area (Å²) < 4.78 is 33.6. The van der Waals surface area contributed by atoms with Crippen LogP contribution in [0.3, 0.4) is 0 Å². The van der Waals surface area contributed by atoms with Crippen LogP contribution in [-0.4, -0.2) is 34.1 Å². The zero-order valence-corrected chi connectivity index (χ0v) is 21.6. The third-order valence-electron chi connectivity index (χ3n) is 6.01. The Morgan fingerprint density at radius 1 is 1.11 bits per heavy atom. The standard InChI is InChI=1S/C27H29F2N5O4/c1-6-27(28,29)18-8-7-9-19(14-18)33-26(36)24(34-37)17(4)32-25(35)20-10-11-21(38-5)22(15(20)2)23-16(3)30-12-13-31-23/h7-14,34,37H,6H2,1-5H3,(H,32,35)(H,33,36)/b24-17-. The number of aromatic nitrogens is 2. The summed E-state index contributed by atoms with van der Waals surface area (Å²) in [5.74, 6) is -3.96. The van der Waals surface area contributed by atoms with Crippen LogP contribution in [0, 0.1) is 13.8 Å². The number of halogens is 2. The van der Waals surface area contributed by atoms with E-state index < -0.39 is 24.2 Å². The number of hydroxylamine groups is 1. The topological polar surface area (TPSA) is 125 Å². The van der Waals surface area contributed by atoms with Crippen LogP contribution in [0.4, 0.5) is 14.5 Å². The summed E-state index contributed by atoms with van der Waals surface area (Å²) in [6.07, 6.45) is 2.70. The molecule has 2 aromatic carbocycles. The fourth-order valence-corrected chi connectivity index (χ4v) is 3.88. The molecule has 0 bridgehead atoms. The molecule has 0 aliphatic rings. The van der Waals surface area contributed by atoms with Crippen molar-refractivity contribution in [3.63, 3.8) is 0 Å². The average molecular weight is 526 g/mol. The third-order valence-corrected chi connectivity index (χ3v) is 6.01. The highest BCUT2D eigenvalue weighted by molar-refractivity contribution is 6.05. The zero-order valence-electron chi connectivity index (χ0n) is 21.6. The molecule has 0 saturated carbocycles. The Morgan fingerprint density at radius 3 is 2.45 bits per heavy atom. The minimum Gasteiger partial charge on any atom is -0.496 e. The normalized spacial score (nSPS) is 11.9. The van der Waals surface area contributed by atoms with Crippen molar-refractivity contribution in [2.45, 2.75) is 40.0 Å². The van der Waals surface area contributed by atoms with E-state index in [4.69, 9.17) is 4.74 Å². The molecule has 11 heteroatoms. The number of hydrogen-bond acceptors (Lipinski definition) is 7. The van der Waals surface area contributed by atoms with Crippen molar-refractivity contribution in [3.8, 4) is 17.0 Å². The molecule has 0 spiro atoms. The zero-order chi connectivity index (χ0) is 28.0. The Kier molecular flexibility index (Phi) is 8.74. The highest BCUT2D eigenvalue weighted by Gasteiger charge is 2.29. The van der Waals surface area contributed by atoms with E-state index in [2.05, 4.69) is 20.6 Å². The largest absolute Gasteiger partial charge is 0.496 e. The smallest absolute Gasteiger partial charge is 0.275 e. The highest BCUT2D eigenvalue weighted by Crippen LogP contribution is 2.35. The number of nitrogens with one attached hydrogen (secondary N) is 3. The number of methoxy groups -OCH3 is 1. The molecule has 0 unspecified atom stereocenters. The molecule has 0 aliphatic heterocycles. The van der Waals surface area contributed by atoms with E-state index in [9.17, 15) is 23.6 Å². The van der Waals surface area contributed by atoms with Gasteiger partial charge in [-0.25, -0.2) is 8.78 Å². The fourth-order valence-electron chi connectivity index (χ4n) is 3.88. The maximum absolute atomic E-state index is 14.1. The lowest BCUT2D eigenvalue weighted by Gasteiger charge is -2.18. The Balaban J connectivity index is 1.89. The van der Waals surface area contributed by atoms with Gasteiger partial charge in [-0.1, -0.05) is 19.1 Å². The third kappa shape index (κ3) is 5.94. The number of anilines is 1. The van der Waals surface area contributed by atoms with Gasteiger partial charge >= 0.3 is 0 Å². The number of aryl methyl sites for hydroxylation is 1. The number of benzene rings is 2. The number of hydrogen-bond donors (Lipinski definition) is 4. The van der Waals surface area contributed by atoms with Gasteiger partial charge in [0, 0.05) is 46.9 Å². The Hall–Kier alpha value is -4.38. The first-order valence-corrected chi connectivity index (χ1v) is 11.7. The monoisotopic (exact) mass is 525 g/mol. The molecule has 4 N–H and O–H groups in total. The van der Waals surface area contributed by atoms with Crippen LogP contribution in [0.5, 0.6) is 5.75 Å². The van der Waals surface area contributed by atoms with Gasteiger partial charge in [-0.2, -0.15) is 0 Å². The first kappa shape index (κ1) is 28.2. The number of ether oxygens (including phenoxy) is 1. The summed E-state index contributed by atoms with van der Waals surface area (Å²) >= 11 is 0. The van der Waals surface area contributed by atoms with Gasteiger partial charge in [-0.15, -0.1) is 0 Å². The molecule has 1 aromatic heterocycles. The van der Waals surface area contributed by atoms with Crippen molar-refractivity contribution in [1.82, 2.24) is 20.8 Å². The van der Waals surface area contributed by atoms with Crippen molar-refractivity contribution in [2.75, 3.05) is 12.4 Å². The molecule has 3 aromatic rings. The van der Waals surface area contributed by atoms with E-state index in [1.165, 1.54) is 45.4 Å². The Morgan fingerprint density at radius 2 is 1.82 bits per heavy atom. The van der Waals surface area contributed by atoms with Crippen LogP contribution in [0.25, 0.3) is 11.3 Å². The van der Waals surface area contributed by atoms with E-state index >= 15 is 0 Å². The van der Waals surface area contributed by atoms with Crippen molar-refractivity contribution >= 4 is 17.5 Å². The van der Waals surface area contributed by atoms with E-state index in [1.54, 1.807) is 37.7 Å².